The highest BCUT2D eigenvalue weighted by Crippen LogP contribution is 2.25. The average Bonchev–Trinajstić information content (AvgIpc) is 3.23. The predicted molar refractivity (Wildman–Crippen MR) is 86.1 cm³/mol. The molecule has 1 fully saturated rings. The van der Waals surface area contributed by atoms with E-state index in [9.17, 15) is 9.59 Å². The van der Waals surface area contributed by atoms with E-state index in [-0.39, 0.29) is 18.4 Å². The maximum absolute atomic E-state index is 12.1. The first-order valence-corrected chi connectivity index (χ1v) is 7.91. The molecule has 0 aliphatic heterocycles. The number of ether oxygens (including phenoxy) is 1. The first kappa shape index (κ1) is 15.6. The summed E-state index contributed by atoms with van der Waals surface area (Å²) in [7, 11) is 0. The molecule has 0 bridgehead atoms. The largest absolute Gasteiger partial charge is 0.464 e. The van der Waals surface area contributed by atoms with Gasteiger partial charge in [-0.3, -0.25) is 9.59 Å². The molecule has 0 radical (unpaired) electrons. The Morgan fingerprint density at radius 2 is 2.00 bits per heavy atom. The third-order valence-electron chi connectivity index (χ3n) is 4.21. The first-order chi connectivity index (χ1) is 10.9. The number of carbonyl (C=O) groups is 2. The van der Waals surface area contributed by atoms with Crippen molar-refractivity contribution in [1.29, 1.82) is 0 Å². The number of aryl methyl sites for hydroxylation is 2. The molecule has 5 heteroatoms. The van der Waals surface area contributed by atoms with E-state index in [2.05, 4.69) is 5.32 Å². The summed E-state index contributed by atoms with van der Waals surface area (Å²) < 4.78 is 10.7. The minimum absolute atomic E-state index is 0.0938. The number of carbonyl (C=O) groups excluding carboxylic acids is 2. The summed E-state index contributed by atoms with van der Waals surface area (Å²) in [5.74, 6) is -0.659. The van der Waals surface area contributed by atoms with Crippen LogP contribution in [-0.2, 0) is 20.7 Å². The Kier molecular flexibility index (Phi) is 4.11. The van der Waals surface area contributed by atoms with Gasteiger partial charge in [0.05, 0.1) is 12.7 Å². The quantitative estimate of drug-likeness (QED) is 0.862. The lowest BCUT2D eigenvalue weighted by molar-refractivity contribution is -0.154. The van der Waals surface area contributed by atoms with Crippen molar-refractivity contribution < 1.29 is 18.7 Å². The third-order valence-corrected chi connectivity index (χ3v) is 4.21. The summed E-state index contributed by atoms with van der Waals surface area (Å²) in [6.45, 7) is 5.64. The second kappa shape index (κ2) is 6.07. The number of fused-ring (bicyclic) bond motifs is 1. The van der Waals surface area contributed by atoms with Crippen LogP contribution in [0.15, 0.2) is 22.8 Å². The average molecular weight is 315 g/mol. The van der Waals surface area contributed by atoms with E-state index in [0.29, 0.717) is 0 Å². The van der Waals surface area contributed by atoms with Crippen LogP contribution < -0.4 is 5.32 Å². The van der Waals surface area contributed by atoms with Crippen LogP contribution in [0.2, 0.25) is 0 Å². The van der Waals surface area contributed by atoms with Crippen LogP contribution in [0.3, 0.4) is 0 Å². The van der Waals surface area contributed by atoms with Gasteiger partial charge in [-0.15, -0.1) is 0 Å². The van der Waals surface area contributed by atoms with Gasteiger partial charge < -0.3 is 14.5 Å². The number of furan rings is 1. The van der Waals surface area contributed by atoms with Crippen molar-refractivity contribution in [1.82, 2.24) is 5.32 Å². The molecule has 0 unspecified atom stereocenters. The van der Waals surface area contributed by atoms with Gasteiger partial charge in [-0.25, -0.2) is 0 Å². The standard InChI is InChI=1S/C18H21NO4/c1-10-6-15-13(9-22-16(15)7-11(10)2)8-17(20)23-12(3)18(21)19-14-4-5-14/h6-7,9,12,14H,4-5,8H2,1-3H3,(H,19,21)/t12-/m0/s1. The molecule has 1 N–H and O–H groups in total. The van der Waals surface area contributed by atoms with Gasteiger partial charge in [0.1, 0.15) is 5.58 Å². The molecule has 0 spiro atoms. The molecule has 1 aromatic carbocycles. The molecule has 3 rings (SSSR count). The number of benzene rings is 1. The monoisotopic (exact) mass is 315 g/mol. The number of esters is 1. The zero-order chi connectivity index (χ0) is 16.6. The summed E-state index contributed by atoms with van der Waals surface area (Å²) >= 11 is 0. The normalized spacial score (nSPS) is 15.4. The number of hydrogen-bond donors (Lipinski definition) is 1. The molecule has 1 atom stereocenters. The van der Waals surface area contributed by atoms with Crippen molar-refractivity contribution in [3.63, 3.8) is 0 Å². The fraction of sp³-hybridized carbons (Fsp3) is 0.444. The molecule has 23 heavy (non-hydrogen) atoms. The zero-order valence-corrected chi connectivity index (χ0v) is 13.6. The van der Waals surface area contributed by atoms with Crippen molar-refractivity contribution in [2.24, 2.45) is 0 Å². The minimum atomic E-state index is -0.773. The van der Waals surface area contributed by atoms with Crippen LogP contribution in [0, 0.1) is 13.8 Å². The van der Waals surface area contributed by atoms with Crippen molar-refractivity contribution in [2.75, 3.05) is 0 Å². The highest BCUT2D eigenvalue weighted by atomic mass is 16.5. The maximum atomic E-state index is 12.1. The molecule has 1 aliphatic rings. The molecular weight excluding hydrogens is 294 g/mol. The minimum Gasteiger partial charge on any atom is -0.464 e. The van der Waals surface area contributed by atoms with Crippen molar-refractivity contribution >= 4 is 22.8 Å². The number of rotatable bonds is 5. The van der Waals surface area contributed by atoms with Crippen LogP contribution in [0.4, 0.5) is 0 Å². The smallest absolute Gasteiger partial charge is 0.311 e. The van der Waals surface area contributed by atoms with Crippen molar-refractivity contribution in [3.8, 4) is 0 Å². The van der Waals surface area contributed by atoms with E-state index in [1.807, 2.05) is 26.0 Å². The second-order valence-electron chi connectivity index (χ2n) is 6.29. The van der Waals surface area contributed by atoms with Crippen LogP contribution in [-0.4, -0.2) is 24.0 Å². The Morgan fingerprint density at radius 1 is 1.30 bits per heavy atom. The molecule has 5 nitrogen and oxygen atoms in total. The lowest BCUT2D eigenvalue weighted by atomic mass is 10.0. The lowest BCUT2D eigenvalue weighted by Gasteiger charge is -2.12. The molecule has 0 saturated heterocycles. The second-order valence-corrected chi connectivity index (χ2v) is 6.29. The Bertz CT molecular complexity index is 758. The van der Waals surface area contributed by atoms with Gasteiger partial charge in [0.25, 0.3) is 5.91 Å². The molecule has 2 aromatic rings. The van der Waals surface area contributed by atoms with Gasteiger partial charge in [-0.05, 0) is 56.9 Å². The van der Waals surface area contributed by atoms with Crippen molar-refractivity contribution in [2.45, 2.75) is 52.2 Å². The van der Waals surface area contributed by atoms with Gasteiger partial charge in [0.2, 0.25) is 0 Å². The van der Waals surface area contributed by atoms with Crippen LogP contribution in [0.5, 0.6) is 0 Å². The number of nitrogens with one attached hydrogen (secondary N) is 1. The lowest BCUT2D eigenvalue weighted by Crippen LogP contribution is -2.37. The molecule has 1 aromatic heterocycles. The molecule has 1 heterocycles. The van der Waals surface area contributed by atoms with Crippen LogP contribution >= 0.6 is 0 Å². The number of amides is 1. The van der Waals surface area contributed by atoms with Gasteiger partial charge in [-0.2, -0.15) is 0 Å². The fourth-order valence-electron chi connectivity index (χ4n) is 2.47. The highest BCUT2D eigenvalue weighted by molar-refractivity contribution is 5.88. The van der Waals surface area contributed by atoms with Gasteiger partial charge >= 0.3 is 5.97 Å². The Labute approximate surface area is 135 Å². The van der Waals surface area contributed by atoms with E-state index in [1.54, 1.807) is 13.2 Å². The number of hydrogen-bond acceptors (Lipinski definition) is 4. The first-order valence-electron chi connectivity index (χ1n) is 7.91. The Morgan fingerprint density at radius 3 is 2.70 bits per heavy atom. The highest BCUT2D eigenvalue weighted by Gasteiger charge is 2.27. The summed E-state index contributed by atoms with van der Waals surface area (Å²) in [6.07, 6.45) is 2.92. The fourth-order valence-corrected chi connectivity index (χ4v) is 2.47. The van der Waals surface area contributed by atoms with Gasteiger partial charge in [0, 0.05) is 17.0 Å². The topological polar surface area (TPSA) is 68.5 Å². The SMILES string of the molecule is Cc1cc2occ(CC(=O)O[C@@H](C)C(=O)NC3CC3)c2cc1C. The molecule has 122 valence electrons. The predicted octanol–water partition coefficient (Wildman–Crippen LogP) is 2.80. The molecule has 1 aliphatic carbocycles. The Balaban J connectivity index is 1.65. The van der Waals surface area contributed by atoms with E-state index < -0.39 is 12.1 Å². The van der Waals surface area contributed by atoms with Crippen molar-refractivity contribution in [3.05, 3.63) is 35.1 Å². The van der Waals surface area contributed by atoms with Gasteiger partial charge in [0.15, 0.2) is 6.10 Å². The molecule has 1 amide bonds. The van der Waals surface area contributed by atoms with E-state index >= 15 is 0 Å². The zero-order valence-electron chi connectivity index (χ0n) is 13.6. The van der Waals surface area contributed by atoms with E-state index in [4.69, 9.17) is 9.15 Å². The Hall–Kier alpha value is -2.30. The van der Waals surface area contributed by atoms with Crippen LogP contribution in [0.25, 0.3) is 11.0 Å². The van der Waals surface area contributed by atoms with E-state index in [0.717, 1.165) is 40.5 Å². The summed E-state index contributed by atoms with van der Waals surface area (Å²) in [5.41, 5.74) is 3.83. The van der Waals surface area contributed by atoms with Crippen LogP contribution in [0.1, 0.15) is 36.5 Å². The van der Waals surface area contributed by atoms with E-state index in [1.165, 1.54) is 0 Å². The molecule has 1 saturated carbocycles. The maximum Gasteiger partial charge on any atom is 0.311 e. The summed E-state index contributed by atoms with van der Waals surface area (Å²) in [6, 6.07) is 4.23. The third kappa shape index (κ3) is 3.55. The van der Waals surface area contributed by atoms with Gasteiger partial charge in [-0.1, -0.05) is 0 Å². The summed E-state index contributed by atoms with van der Waals surface area (Å²) in [5, 5.41) is 3.74. The summed E-state index contributed by atoms with van der Waals surface area (Å²) in [4.78, 5) is 23.9. The molecular formula is C18H21NO4.